The third-order valence-electron chi connectivity index (χ3n) is 1.79. The zero-order chi connectivity index (χ0) is 10.7. The van der Waals surface area contributed by atoms with Crippen LogP contribution < -0.4 is 10.5 Å². The molecule has 14 heavy (non-hydrogen) atoms. The van der Waals surface area contributed by atoms with Gasteiger partial charge in [-0.15, -0.1) is 0 Å². The number of anilines is 1. The second-order valence-corrected chi connectivity index (χ2v) is 3.91. The smallest absolute Gasteiger partial charge is 0.164 e. The van der Waals surface area contributed by atoms with Crippen molar-refractivity contribution < 1.29 is 9.53 Å². The number of halogens is 1. The van der Waals surface area contributed by atoms with Crippen LogP contribution in [-0.4, -0.2) is 12.4 Å². The lowest BCUT2D eigenvalue weighted by Gasteiger charge is -2.11. The van der Waals surface area contributed by atoms with E-state index in [-0.39, 0.29) is 5.78 Å². The Labute approximate surface area is 96.8 Å². The second-order valence-electron chi connectivity index (χ2n) is 2.83. The number of hydrogen-bond donors (Lipinski definition) is 1. The molecule has 0 amide bonds. The Hall–Kier alpha value is -0.780. The standard InChI is InChI=1S/C10H12INO2/c1-3-14-8-5-4-7(12)10(11)9(8)6(2)13/h4-5H,3,12H2,1-2H3. The molecular formula is C10H12INO2. The first kappa shape index (κ1) is 11.3. The maximum absolute atomic E-state index is 11.4. The highest BCUT2D eigenvalue weighted by atomic mass is 127. The van der Waals surface area contributed by atoms with Crippen LogP contribution in [0.4, 0.5) is 5.69 Å². The predicted molar refractivity (Wildman–Crippen MR) is 64.7 cm³/mol. The molecule has 0 aromatic heterocycles. The summed E-state index contributed by atoms with van der Waals surface area (Å²) in [6, 6.07) is 3.48. The van der Waals surface area contributed by atoms with Crippen molar-refractivity contribution in [1.82, 2.24) is 0 Å². The van der Waals surface area contributed by atoms with Gasteiger partial charge < -0.3 is 10.5 Å². The summed E-state index contributed by atoms with van der Waals surface area (Å²) in [5.74, 6) is 0.587. The number of benzene rings is 1. The van der Waals surface area contributed by atoms with E-state index in [4.69, 9.17) is 10.5 Å². The monoisotopic (exact) mass is 305 g/mol. The number of ether oxygens (including phenoxy) is 1. The Morgan fingerprint density at radius 3 is 2.71 bits per heavy atom. The van der Waals surface area contributed by atoms with E-state index in [1.165, 1.54) is 6.92 Å². The summed E-state index contributed by atoms with van der Waals surface area (Å²) in [7, 11) is 0. The fourth-order valence-electron chi connectivity index (χ4n) is 1.18. The van der Waals surface area contributed by atoms with Gasteiger partial charge in [-0.1, -0.05) is 0 Å². The van der Waals surface area contributed by atoms with Gasteiger partial charge in [-0.05, 0) is 48.6 Å². The van der Waals surface area contributed by atoms with Crippen LogP contribution in [-0.2, 0) is 0 Å². The molecule has 0 atom stereocenters. The summed E-state index contributed by atoms with van der Waals surface area (Å²) in [6.07, 6.45) is 0. The SMILES string of the molecule is CCOc1ccc(N)c(I)c1C(C)=O. The molecule has 0 aliphatic heterocycles. The van der Waals surface area contributed by atoms with Gasteiger partial charge in [0.05, 0.1) is 15.7 Å². The van der Waals surface area contributed by atoms with Crippen LogP contribution >= 0.6 is 22.6 Å². The minimum Gasteiger partial charge on any atom is -0.493 e. The summed E-state index contributed by atoms with van der Waals surface area (Å²) in [4.78, 5) is 11.4. The lowest BCUT2D eigenvalue weighted by Crippen LogP contribution is -2.05. The average molecular weight is 305 g/mol. The van der Waals surface area contributed by atoms with Crippen LogP contribution in [0.5, 0.6) is 5.75 Å². The lowest BCUT2D eigenvalue weighted by atomic mass is 10.1. The van der Waals surface area contributed by atoms with Crippen molar-refractivity contribution in [1.29, 1.82) is 0 Å². The van der Waals surface area contributed by atoms with E-state index < -0.39 is 0 Å². The number of rotatable bonds is 3. The van der Waals surface area contributed by atoms with E-state index >= 15 is 0 Å². The highest BCUT2D eigenvalue weighted by Gasteiger charge is 2.14. The number of Topliss-reactive ketones (excluding diaryl/α,β-unsaturated/α-hetero) is 1. The van der Waals surface area contributed by atoms with Crippen molar-refractivity contribution in [2.75, 3.05) is 12.3 Å². The number of carbonyl (C=O) groups is 1. The molecule has 0 spiro atoms. The maximum atomic E-state index is 11.4. The molecule has 4 heteroatoms. The van der Waals surface area contributed by atoms with Gasteiger partial charge in [0.1, 0.15) is 5.75 Å². The number of nitrogens with two attached hydrogens (primary N) is 1. The zero-order valence-electron chi connectivity index (χ0n) is 8.13. The van der Waals surface area contributed by atoms with Gasteiger partial charge >= 0.3 is 0 Å². The van der Waals surface area contributed by atoms with Crippen molar-refractivity contribution in [3.05, 3.63) is 21.3 Å². The summed E-state index contributed by atoms with van der Waals surface area (Å²) in [6.45, 7) is 3.94. The van der Waals surface area contributed by atoms with Crippen molar-refractivity contribution in [3.63, 3.8) is 0 Å². The first-order valence-corrected chi connectivity index (χ1v) is 5.37. The number of nitrogen functional groups attached to an aromatic ring is 1. The summed E-state index contributed by atoms with van der Waals surface area (Å²) in [5, 5.41) is 0. The molecule has 0 saturated carbocycles. The van der Waals surface area contributed by atoms with E-state index in [9.17, 15) is 4.79 Å². The number of hydrogen-bond acceptors (Lipinski definition) is 3. The molecular weight excluding hydrogens is 293 g/mol. The molecule has 1 aromatic rings. The Balaban J connectivity index is 3.30. The first-order valence-electron chi connectivity index (χ1n) is 4.29. The summed E-state index contributed by atoms with van der Waals surface area (Å²) >= 11 is 2.06. The van der Waals surface area contributed by atoms with Crippen LogP contribution in [0.25, 0.3) is 0 Å². The first-order chi connectivity index (χ1) is 6.57. The largest absolute Gasteiger partial charge is 0.493 e. The molecule has 0 bridgehead atoms. The molecule has 0 fully saturated rings. The van der Waals surface area contributed by atoms with Crippen molar-refractivity contribution >= 4 is 34.1 Å². The Morgan fingerprint density at radius 2 is 2.21 bits per heavy atom. The van der Waals surface area contributed by atoms with Crippen molar-refractivity contribution in [2.45, 2.75) is 13.8 Å². The second kappa shape index (κ2) is 4.63. The quantitative estimate of drug-likeness (QED) is 0.530. The third-order valence-corrected chi connectivity index (χ3v) is 2.95. The van der Waals surface area contributed by atoms with Gasteiger partial charge in [0.2, 0.25) is 0 Å². The molecule has 0 aliphatic rings. The lowest BCUT2D eigenvalue weighted by molar-refractivity contribution is 0.101. The summed E-state index contributed by atoms with van der Waals surface area (Å²) < 4.78 is 6.12. The zero-order valence-corrected chi connectivity index (χ0v) is 10.3. The average Bonchev–Trinajstić information content (AvgIpc) is 2.11. The molecule has 1 rings (SSSR count). The van der Waals surface area contributed by atoms with Crippen molar-refractivity contribution in [2.24, 2.45) is 0 Å². The number of ketones is 1. The highest BCUT2D eigenvalue weighted by molar-refractivity contribution is 14.1. The van der Waals surface area contributed by atoms with Gasteiger partial charge in [-0.3, -0.25) is 4.79 Å². The normalized spacial score (nSPS) is 9.93. The van der Waals surface area contributed by atoms with Crippen LogP contribution in [0.3, 0.4) is 0 Å². The molecule has 0 heterocycles. The van der Waals surface area contributed by atoms with E-state index in [1.54, 1.807) is 12.1 Å². The molecule has 0 unspecified atom stereocenters. The molecule has 0 saturated heterocycles. The Bertz CT molecular complexity index is 363. The fourth-order valence-corrected chi connectivity index (χ4v) is 2.00. The highest BCUT2D eigenvalue weighted by Crippen LogP contribution is 2.29. The van der Waals surface area contributed by atoms with Crippen molar-refractivity contribution in [3.8, 4) is 5.75 Å². The molecule has 1 aromatic carbocycles. The predicted octanol–water partition coefficient (Wildman–Crippen LogP) is 2.47. The van der Waals surface area contributed by atoms with Gasteiger partial charge in [0.15, 0.2) is 5.78 Å². The van der Waals surface area contributed by atoms with E-state index in [2.05, 4.69) is 22.6 Å². The third kappa shape index (κ3) is 2.17. The topological polar surface area (TPSA) is 52.3 Å². The molecule has 3 nitrogen and oxygen atoms in total. The maximum Gasteiger partial charge on any atom is 0.164 e. The van der Waals surface area contributed by atoms with E-state index in [0.29, 0.717) is 23.6 Å². The minimum absolute atomic E-state index is 0.0230. The fraction of sp³-hybridized carbons (Fsp3) is 0.300. The number of carbonyl (C=O) groups excluding carboxylic acids is 1. The molecule has 76 valence electrons. The van der Waals surface area contributed by atoms with Gasteiger partial charge in [-0.25, -0.2) is 0 Å². The molecule has 2 N–H and O–H groups in total. The summed E-state index contributed by atoms with van der Waals surface area (Å²) in [5.41, 5.74) is 6.89. The van der Waals surface area contributed by atoms with Gasteiger partial charge in [0.25, 0.3) is 0 Å². The van der Waals surface area contributed by atoms with Crippen LogP contribution in [0, 0.1) is 3.57 Å². The van der Waals surface area contributed by atoms with Gasteiger partial charge in [0, 0.05) is 5.69 Å². The van der Waals surface area contributed by atoms with E-state index in [1.807, 2.05) is 6.92 Å². The van der Waals surface area contributed by atoms with Crippen LogP contribution in [0.1, 0.15) is 24.2 Å². The minimum atomic E-state index is -0.0230. The van der Waals surface area contributed by atoms with Crippen LogP contribution in [0.2, 0.25) is 0 Å². The Kier molecular flexibility index (Phi) is 3.74. The van der Waals surface area contributed by atoms with Gasteiger partial charge in [-0.2, -0.15) is 0 Å². The van der Waals surface area contributed by atoms with Crippen LogP contribution in [0.15, 0.2) is 12.1 Å². The molecule has 0 aliphatic carbocycles. The molecule has 0 radical (unpaired) electrons. The Morgan fingerprint density at radius 1 is 1.57 bits per heavy atom. The van der Waals surface area contributed by atoms with E-state index in [0.717, 1.165) is 3.57 Å².